The molecule has 1 rings (SSSR count). The van der Waals surface area contributed by atoms with E-state index < -0.39 is 12.0 Å². The molecule has 1 aromatic carbocycles. The van der Waals surface area contributed by atoms with Gasteiger partial charge in [-0.05, 0) is 38.2 Å². The van der Waals surface area contributed by atoms with Crippen molar-refractivity contribution in [3.8, 4) is 5.75 Å². The number of rotatable bonds is 6. The van der Waals surface area contributed by atoms with Crippen molar-refractivity contribution in [2.45, 2.75) is 19.0 Å². The lowest BCUT2D eigenvalue weighted by atomic mass is 9.97. The fourth-order valence-electron chi connectivity index (χ4n) is 2.05. The second-order valence-electron chi connectivity index (χ2n) is 4.10. The van der Waals surface area contributed by atoms with Crippen molar-refractivity contribution in [2.24, 2.45) is 0 Å². The number of likely N-dealkylation sites (N-methyl/N-ethyl adjacent to an activating group) is 2. The molecule has 1 aromatic rings. The summed E-state index contributed by atoms with van der Waals surface area (Å²) in [6.07, 6.45) is 0. The summed E-state index contributed by atoms with van der Waals surface area (Å²) < 4.78 is 5.20. The second kappa shape index (κ2) is 6.37. The monoisotopic (exact) mass is 252 g/mol. The summed E-state index contributed by atoms with van der Waals surface area (Å²) in [6, 6.07) is 4.69. The number of hydrogen-bond acceptors (Lipinski definition) is 4. The van der Waals surface area contributed by atoms with Gasteiger partial charge in [0.25, 0.3) is 0 Å². The fraction of sp³-hybridized carbons (Fsp3) is 0.462. The molecule has 0 fully saturated rings. The van der Waals surface area contributed by atoms with Crippen LogP contribution < -0.4 is 15.4 Å². The van der Waals surface area contributed by atoms with Gasteiger partial charge in [0.15, 0.2) is 0 Å². The van der Waals surface area contributed by atoms with Crippen LogP contribution in [0.4, 0.5) is 0 Å². The van der Waals surface area contributed by atoms with Gasteiger partial charge in [0, 0.05) is 0 Å². The molecule has 18 heavy (non-hydrogen) atoms. The molecule has 0 amide bonds. The van der Waals surface area contributed by atoms with Crippen LogP contribution in [0.3, 0.4) is 0 Å². The fourth-order valence-corrected chi connectivity index (χ4v) is 2.05. The molecule has 2 unspecified atom stereocenters. The highest BCUT2D eigenvalue weighted by Gasteiger charge is 2.26. The number of carbonyl (C=O) groups is 1. The van der Waals surface area contributed by atoms with Gasteiger partial charge in [0.2, 0.25) is 0 Å². The van der Waals surface area contributed by atoms with E-state index in [0.717, 1.165) is 16.9 Å². The van der Waals surface area contributed by atoms with E-state index >= 15 is 0 Å². The van der Waals surface area contributed by atoms with Gasteiger partial charge in [-0.2, -0.15) is 0 Å². The first-order valence-corrected chi connectivity index (χ1v) is 5.77. The Morgan fingerprint density at radius 1 is 1.33 bits per heavy atom. The molecule has 2 atom stereocenters. The van der Waals surface area contributed by atoms with Crippen LogP contribution in [0.1, 0.15) is 17.2 Å². The van der Waals surface area contributed by atoms with Crippen LogP contribution in [0.15, 0.2) is 18.2 Å². The zero-order chi connectivity index (χ0) is 13.7. The number of nitrogens with one attached hydrogen (secondary N) is 2. The molecule has 100 valence electrons. The van der Waals surface area contributed by atoms with E-state index in [4.69, 9.17) is 4.74 Å². The molecular formula is C13H20N2O3. The molecule has 0 spiro atoms. The summed E-state index contributed by atoms with van der Waals surface area (Å²) in [5.41, 5.74) is 1.90. The number of aryl methyl sites for hydroxylation is 1. The predicted molar refractivity (Wildman–Crippen MR) is 70.0 cm³/mol. The van der Waals surface area contributed by atoms with Crippen LogP contribution in [0.2, 0.25) is 0 Å². The molecule has 0 saturated heterocycles. The van der Waals surface area contributed by atoms with Gasteiger partial charge in [0.05, 0.1) is 13.2 Å². The number of benzene rings is 1. The maximum Gasteiger partial charge on any atom is 0.322 e. The normalized spacial score (nSPS) is 14.0. The Bertz CT molecular complexity index is 421. The smallest absolute Gasteiger partial charge is 0.322 e. The number of methoxy groups -OCH3 is 1. The van der Waals surface area contributed by atoms with Gasteiger partial charge in [-0.25, -0.2) is 0 Å². The Labute approximate surface area is 107 Å². The molecule has 0 aliphatic heterocycles. The maximum atomic E-state index is 11.2. The van der Waals surface area contributed by atoms with E-state index in [9.17, 15) is 9.90 Å². The molecule has 0 bridgehead atoms. The van der Waals surface area contributed by atoms with E-state index in [1.807, 2.05) is 25.1 Å². The maximum absolute atomic E-state index is 11.2. The highest BCUT2D eigenvalue weighted by Crippen LogP contribution is 2.24. The van der Waals surface area contributed by atoms with Crippen molar-refractivity contribution in [1.29, 1.82) is 0 Å². The molecular weight excluding hydrogens is 232 g/mol. The van der Waals surface area contributed by atoms with Crippen molar-refractivity contribution in [1.82, 2.24) is 10.6 Å². The molecule has 0 aromatic heterocycles. The van der Waals surface area contributed by atoms with Gasteiger partial charge in [-0.3, -0.25) is 4.79 Å². The van der Waals surface area contributed by atoms with Crippen molar-refractivity contribution >= 4 is 5.97 Å². The average molecular weight is 252 g/mol. The van der Waals surface area contributed by atoms with Crippen LogP contribution in [-0.2, 0) is 4.79 Å². The summed E-state index contributed by atoms with van der Waals surface area (Å²) in [7, 11) is 5.00. The zero-order valence-electron chi connectivity index (χ0n) is 11.2. The van der Waals surface area contributed by atoms with Crippen molar-refractivity contribution < 1.29 is 14.6 Å². The first-order chi connectivity index (χ1) is 8.54. The summed E-state index contributed by atoms with van der Waals surface area (Å²) in [5.74, 6) is -0.0877. The molecule has 0 radical (unpaired) electrons. The Kier molecular flexibility index (Phi) is 5.12. The first kappa shape index (κ1) is 14.5. The van der Waals surface area contributed by atoms with Gasteiger partial charge >= 0.3 is 5.97 Å². The van der Waals surface area contributed by atoms with E-state index in [0.29, 0.717) is 0 Å². The zero-order valence-corrected chi connectivity index (χ0v) is 11.2. The van der Waals surface area contributed by atoms with Crippen LogP contribution >= 0.6 is 0 Å². The lowest BCUT2D eigenvalue weighted by Gasteiger charge is -2.24. The SMILES string of the molecule is CNC(C(=O)O)C(NC)c1ccc(OC)c(C)c1. The van der Waals surface area contributed by atoms with Crippen LogP contribution in [-0.4, -0.2) is 38.3 Å². The largest absolute Gasteiger partial charge is 0.496 e. The summed E-state index contributed by atoms with van der Waals surface area (Å²) in [6.45, 7) is 1.93. The quantitative estimate of drug-likeness (QED) is 0.703. The molecule has 5 nitrogen and oxygen atoms in total. The Hall–Kier alpha value is -1.59. The van der Waals surface area contributed by atoms with Gasteiger partial charge in [-0.1, -0.05) is 12.1 Å². The third-order valence-corrected chi connectivity index (χ3v) is 3.00. The topological polar surface area (TPSA) is 70.6 Å². The van der Waals surface area contributed by atoms with Crippen LogP contribution in [0.25, 0.3) is 0 Å². The number of hydrogen-bond donors (Lipinski definition) is 3. The third-order valence-electron chi connectivity index (χ3n) is 3.00. The summed E-state index contributed by atoms with van der Waals surface area (Å²) in [4.78, 5) is 11.2. The predicted octanol–water partition coefficient (Wildman–Crippen LogP) is 0.937. The number of aliphatic carboxylic acids is 1. The molecule has 0 saturated carbocycles. The van der Waals surface area contributed by atoms with E-state index in [1.54, 1.807) is 21.2 Å². The highest BCUT2D eigenvalue weighted by molar-refractivity contribution is 5.75. The number of ether oxygens (including phenoxy) is 1. The summed E-state index contributed by atoms with van der Waals surface area (Å²) in [5, 5.41) is 15.0. The lowest BCUT2D eigenvalue weighted by molar-refractivity contribution is -0.140. The van der Waals surface area contributed by atoms with Gasteiger partial charge < -0.3 is 20.5 Å². The Morgan fingerprint density at radius 3 is 2.39 bits per heavy atom. The van der Waals surface area contributed by atoms with E-state index in [-0.39, 0.29) is 6.04 Å². The standard InChI is InChI=1S/C13H20N2O3/c1-8-7-9(5-6-10(8)18-4)11(14-2)12(15-3)13(16)17/h5-7,11-12,14-15H,1-4H3,(H,16,17). The minimum atomic E-state index is -0.884. The van der Waals surface area contributed by atoms with Gasteiger partial charge in [-0.15, -0.1) is 0 Å². The third kappa shape index (κ3) is 3.00. The minimum absolute atomic E-state index is 0.294. The molecule has 5 heteroatoms. The van der Waals surface area contributed by atoms with E-state index in [2.05, 4.69) is 10.6 Å². The lowest BCUT2D eigenvalue weighted by Crippen LogP contribution is -2.44. The Morgan fingerprint density at radius 2 is 2.00 bits per heavy atom. The second-order valence-corrected chi connectivity index (χ2v) is 4.10. The Balaban J connectivity index is 3.08. The molecule has 0 aliphatic carbocycles. The van der Waals surface area contributed by atoms with Crippen molar-refractivity contribution in [3.63, 3.8) is 0 Å². The van der Waals surface area contributed by atoms with Crippen molar-refractivity contribution in [3.05, 3.63) is 29.3 Å². The average Bonchev–Trinajstić information content (AvgIpc) is 2.35. The number of carboxylic acid groups (broad SMARTS) is 1. The molecule has 3 N–H and O–H groups in total. The van der Waals surface area contributed by atoms with E-state index in [1.165, 1.54) is 0 Å². The minimum Gasteiger partial charge on any atom is -0.496 e. The van der Waals surface area contributed by atoms with Crippen LogP contribution in [0, 0.1) is 6.92 Å². The summed E-state index contributed by atoms with van der Waals surface area (Å²) >= 11 is 0. The van der Waals surface area contributed by atoms with Crippen LogP contribution in [0.5, 0.6) is 5.75 Å². The van der Waals surface area contributed by atoms with Crippen molar-refractivity contribution in [2.75, 3.05) is 21.2 Å². The first-order valence-electron chi connectivity index (χ1n) is 5.77. The number of carboxylic acids is 1. The molecule has 0 heterocycles. The van der Waals surface area contributed by atoms with Gasteiger partial charge in [0.1, 0.15) is 11.8 Å². The molecule has 0 aliphatic rings. The highest BCUT2D eigenvalue weighted by atomic mass is 16.5.